The third-order valence-electron chi connectivity index (χ3n) is 2.37. The smallest absolute Gasteiger partial charge is 0.151 e. The van der Waals surface area contributed by atoms with Gasteiger partial charge in [0.2, 0.25) is 0 Å². The van der Waals surface area contributed by atoms with E-state index < -0.39 is 6.17 Å². The van der Waals surface area contributed by atoms with Crippen LogP contribution in [0.3, 0.4) is 0 Å². The third kappa shape index (κ3) is 1.89. The molecule has 1 aliphatic heterocycles. The van der Waals surface area contributed by atoms with Crippen LogP contribution in [0.4, 0.5) is 4.39 Å². The first kappa shape index (κ1) is 9.09. The average Bonchev–Trinajstić information content (AvgIpc) is 2.72. The molecule has 0 aromatic carbocycles. The van der Waals surface area contributed by atoms with Crippen molar-refractivity contribution < 1.29 is 4.39 Å². The van der Waals surface area contributed by atoms with E-state index in [2.05, 4.69) is 9.69 Å². The van der Waals surface area contributed by atoms with Crippen molar-refractivity contribution in [2.45, 2.75) is 32.0 Å². The van der Waals surface area contributed by atoms with Crippen LogP contribution in [0, 0.1) is 6.92 Å². The lowest BCUT2D eigenvalue weighted by molar-refractivity contribution is 0.276. The summed E-state index contributed by atoms with van der Waals surface area (Å²) in [7, 11) is 0. The number of nitrogens with zero attached hydrogens (tertiary/aromatic N) is 1. The number of alkyl halides is 1. The van der Waals surface area contributed by atoms with Gasteiger partial charge in [-0.15, -0.1) is 0 Å². The molecule has 2 rings (SSSR count). The van der Waals surface area contributed by atoms with Gasteiger partial charge >= 0.3 is 0 Å². The van der Waals surface area contributed by atoms with Crippen LogP contribution in [0.1, 0.15) is 29.6 Å². The molecule has 0 aliphatic carbocycles. The SMILES string of the molecule is Cc1cc(C(F)C2CCCN2)sn1. The number of aromatic nitrogens is 1. The third-order valence-corrected chi connectivity index (χ3v) is 3.30. The molecule has 0 spiro atoms. The number of hydrogen-bond donors (Lipinski definition) is 1. The monoisotopic (exact) mass is 200 g/mol. The summed E-state index contributed by atoms with van der Waals surface area (Å²) in [5, 5.41) is 3.17. The van der Waals surface area contributed by atoms with Crippen LogP contribution in [0.2, 0.25) is 0 Å². The number of aryl methyl sites for hydroxylation is 1. The number of rotatable bonds is 2. The zero-order valence-electron chi connectivity index (χ0n) is 7.59. The highest BCUT2D eigenvalue weighted by atomic mass is 32.1. The van der Waals surface area contributed by atoms with Crippen molar-refractivity contribution in [3.63, 3.8) is 0 Å². The van der Waals surface area contributed by atoms with Crippen LogP contribution in [0.5, 0.6) is 0 Å². The molecule has 0 radical (unpaired) electrons. The summed E-state index contributed by atoms with van der Waals surface area (Å²) in [4.78, 5) is 0.761. The number of nitrogens with one attached hydrogen (secondary N) is 1. The Morgan fingerprint density at radius 3 is 3.15 bits per heavy atom. The van der Waals surface area contributed by atoms with Crippen molar-refractivity contribution in [1.82, 2.24) is 9.69 Å². The minimum absolute atomic E-state index is 0.0137. The van der Waals surface area contributed by atoms with Crippen molar-refractivity contribution in [2.75, 3.05) is 6.54 Å². The molecule has 2 unspecified atom stereocenters. The summed E-state index contributed by atoms with van der Waals surface area (Å²) in [6.45, 7) is 2.84. The molecule has 2 heterocycles. The van der Waals surface area contributed by atoms with Gasteiger partial charge in [-0.3, -0.25) is 0 Å². The van der Waals surface area contributed by atoms with Crippen molar-refractivity contribution in [3.8, 4) is 0 Å². The molecule has 1 aromatic rings. The highest BCUT2D eigenvalue weighted by Gasteiger charge is 2.26. The first-order chi connectivity index (χ1) is 6.27. The van der Waals surface area contributed by atoms with Crippen molar-refractivity contribution >= 4 is 11.5 Å². The lowest BCUT2D eigenvalue weighted by atomic mass is 10.1. The maximum Gasteiger partial charge on any atom is 0.151 e. The van der Waals surface area contributed by atoms with E-state index in [1.807, 2.05) is 13.0 Å². The van der Waals surface area contributed by atoms with Crippen LogP contribution in [0.15, 0.2) is 6.07 Å². The second kappa shape index (κ2) is 3.72. The molecule has 1 aliphatic rings. The standard InChI is InChI=1S/C9H13FN2S/c1-6-5-8(13-12-6)9(10)7-3-2-4-11-7/h5,7,9,11H,2-4H2,1H3. The highest BCUT2D eigenvalue weighted by Crippen LogP contribution is 2.29. The zero-order chi connectivity index (χ0) is 9.26. The summed E-state index contributed by atoms with van der Waals surface area (Å²) in [6.07, 6.45) is 1.16. The molecule has 1 aromatic heterocycles. The van der Waals surface area contributed by atoms with Gasteiger partial charge in [0.05, 0.1) is 10.6 Å². The Bertz CT molecular complexity index is 281. The molecule has 1 N–H and O–H groups in total. The Morgan fingerprint density at radius 1 is 1.77 bits per heavy atom. The molecule has 0 bridgehead atoms. The largest absolute Gasteiger partial charge is 0.311 e. The summed E-state index contributed by atoms with van der Waals surface area (Å²) in [5.74, 6) is 0. The molecular formula is C9H13FN2S. The van der Waals surface area contributed by atoms with E-state index in [0.29, 0.717) is 0 Å². The van der Waals surface area contributed by atoms with Crippen LogP contribution >= 0.6 is 11.5 Å². The van der Waals surface area contributed by atoms with E-state index in [4.69, 9.17) is 0 Å². The number of hydrogen-bond acceptors (Lipinski definition) is 3. The van der Waals surface area contributed by atoms with Crippen LogP contribution in [-0.2, 0) is 0 Å². The highest BCUT2D eigenvalue weighted by molar-refractivity contribution is 7.05. The van der Waals surface area contributed by atoms with Gasteiger partial charge in [-0.1, -0.05) is 0 Å². The van der Waals surface area contributed by atoms with Crippen LogP contribution < -0.4 is 5.32 Å². The van der Waals surface area contributed by atoms with E-state index in [1.54, 1.807) is 0 Å². The predicted octanol–water partition coefficient (Wildman–Crippen LogP) is 2.21. The van der Waals surface area contributed by atoms with E-state index in [0.717, 1.165) is 30.0 Å². The van der Waals surface area contributed by atoms with Crippen LogP contribution in [0.25, 0.3) is 0 Å². The summed E-state index contributed by atoms with van der Waals surface area (Å²) in [5.41, 5.74) is 0.917. The van der Waals surface area contributed by atoms with Crippen molar-refractivity contribution in [2.24, 2.45) is 0 Å². The van der Waals surface area contributed by atoms with E-state index in [9.17, 15) is 4.39 Å². The fourth-order valence-electron chi connectivity index (χ4n) is 1.67. The Balaban J connectivity index is 2.07. The topological polar surface area (TPSA) is 24.9 Å². The fourth-order valence-corrected chi connectivity index (χ4v) is 2.46. The average molecular weight is 200 g/mol. The lowest BCUT2D eigenvalue weighted by Gasteiger charge is -2.13. The van der Waals surface area contributed by atoms with Gasteiger partial charge in [0.15, 0.2) is 6.17 Å². The minimum atomic E-state index is -0.867. The quantitative estimate of drug-likeness (QED) is 0.791. The second-order valence-electron chi connectivity index (χ2n) is 3.48. The molecule has 13 heavy (non-hydrogen) atoms. The molecule has 72 valence electrons. The van der Waals surface area contributed by atoms with Gasteiger partial charge in [-0.05, 0) is 43.9 Å². The Hall–Kier alpha value is -0.480. The first-order valence-corrected chi connectivity index (χ1v) is 5.35. The Labute approximate surface area is 81.3 Å². The molecule has 2 atom stereocenters. The minimum Gasteiger partial charge on any atom is -0.311 e. The normalized spacial score (nSPS) is 24.9. The van der Waals surface area contributed by atoms with E-state index >= 15 is 0 Å². The van der Waals surface area contributed by atoms with Gasteiger partial charge < -0.3 is 5.32 Å². The van der Waals surface area contributed by atoms with Crippen molar-refractivity contribution in [3.05, 3.63) is 16.6 Å². The summed E-state index contributed by atoms with van der Waals surface area (Å²) < 4.78 is 17.8. The van der Waals surface area contributed by atoms with Crippen LogP contribution in [-0.4, -0.2) is 17.0 Å². The molecular weight excluding hydrogens is 187 g/mol. The molecule has 2 nitrogen and oxygen atoms in total. The molecule has 1 saturated heterocycles. The zero-order valence-corrected chi connectivity index (χ0v) is 8.40. The second-order valence-corrected chi connectivity index (χ2v) is 4.31. The van der Waals surface area contributed by atoms with Crippen molar-refractivity contribution in [1.29, 1.82) is 0 Å². The molecule has 0 saturated carbocycles. The predicted molar refractivity (Wildman–Crippen MR) is 51.7 cm³/mol. The maximum atomic E-state index is 13.8. The Morgan fingerprint density at radius 2 is 2.62 bits per heavy atom. The van der Waals surface area contributed by atoms with Gasteiger partial charge in [-0.2, -0.15) is 4.37 Å². The van der Waals surface area contributed by atoms with Gasteiger partial charge in [0.1, 0.15) is 0 Å². The molecule has 4 heteroatoms. The van der Waals surface area contributed by atoms with E-state index in [-0.39, 0.29) is 6.04 Å². The first-order valence-electron chi connectivity index (χ1n) is 4.58. The lowest BCUT2D eigenvalue weighted by Crippen LogP contribution is -2.25. The Kier molecular flexibility index (Phi) is 2.60. The fraction of sp³-hybridized carbons (Fsp3) is 0.667. The van der Waals surface area contributed by atoms with Gasteiger partial charge in [-0.25, -0.2) is 4.39 Å². The van der Waals surface area contributed by atoms with E-state index in [1.165, 1.54) is 11.5 Å². The van der Waals surface area contributed by atoms with Gasteiger partial charge in [0, 0.05) is 6.04 Å². The molecule has 1 fully saturated rings. The maximum absolute atomic E-state index is 13.8. The summed E-state index contributed by atoms with van der Waals surface area (Å²) in [6, 6.07) is 1.86. The summed E-state index contributed by atoms with van der Waals surface area (Å²) >= 11 is 1.28. The number of halogens is 1. The molecule has 0 amide bonds. The van der Waals surface area contributed by atoms with Gasteiger partial charge in [0.25, 0.3) is 0 Å².